The SMILES string of the molecule is CCOc1ccccc1C(CO)Nc1ccccc1F. The zero-order valence-electron chi connectivity index (χ0n) is 11.3. The highest BCUT2D eigenvalue weighted by Gasteiger charge is 2.16. The van der Waals surface area contributed by atoms with Gasteiger partial charge in [-0.15, -0.1) is 0 Å². The van der Waals surface area contributed by atoms with Crippen LogP contribution in [0.2, 0.25) is 0 Å². The van der Waals surface area contributed by atoms with Crippen LogP contribution in [0.15, 0.2) is 48.5 Å². The molecule has 2 N–H and O–H groups in total. The molecule has 2 rings (SSSR count). The smallest absolute Gasteiger partial charge is 0.146 e. The van der Waals surface area contributed by atoms with Gasteiger partial charge in [-0.1, -0.05) is 30.3 Å². The van der Waals surface area contributed by atoms with Gasteiger partial charge in [-0.3, -0.25) is 0 Å². The summed E-state index contributed by atoms with van der Waals surface area (Å²) >= 11 is 0. The summed E-state index contributed by atoms with van der Waals surface area (Å²) in [5.41, 5.74) is 1.16. The van der Waals surface area contributed by atoms with Gasteiger partial charge in [-0.05, 0) is 25.1 Å². The first-order valence-electron chi connectivity index (χ1n) is 6.60. The highest BCUT2D eigenvalue weighted by Crippen LogP contribution is 2.28. The summed E-state index contributed by atoms with van der Waals surface area (Å²) in [6, 6.07) is 13.4. The summed E-state index contributed by atoms with van der Waals surface area (Å²) in [6.45, 7) is 2.28. The van der Waals surface area contributed by atoms with E-state index in [2.05, 4.69) is 5.32 Å². The summed E-state index contributed by atoms with van der Waals surface area (Å²) in [7, 11) is 0. The first kappa shape index (κ1) is 14.3. The van der Waals surface area contributed by atoms with Gasteiger partial charge < -0.3 is 15.2 Å². The highest BCUT2D eigenvalue weighted by atomic mass is 19.1. The molecule has 0 aromatic heterocycles. The third-order valence-corrected chi connectivity index (χ3v) is 2.98. The van der Waals surface area contributed by atoms with E-state index in [-0.39, 0.29) is 12.4 Å². The summed E-state index contributed by atoms with van der Waals surface area (Å²) in [5.74, 6) is 0.345. The third-order valence-electron chi connectivity index (χ3n) is 2.98. The lowest BCUT2D eigenvalue weighted by Crippen LogP contribution is -2.16. The number of aliphatic hydroxyl groups excluding tert-OH is 1. The quantitative estimate of drug-likeness (QED) is 0.849. The first-order chi connectivity index (χ1) is 9.76. The fourth-order valence-electron chi connectivity index (χ4n) is 2.04. The summed E-state index contributed by atoms with van der Waals surface area (Å²) in [5, 5.41) is 12.6. The van der Waals surface area contributed by atoms with Crippen molar-refractivity contribution < 1.29 is 14.2 Å². The molecule has 1 atom stereocenters. The Kier molecular flexibility index (Phi) is 4.96. The van der Waals surface area contributed by atoms with E-state index in [1.807, 2.05) is 31.2 Å². The van der Waals surface area contributed by atoms with Crippen molar-refractivity contribution in [1.29, 1.82) is 0 Å². The fourth-order valence-corrected chi connectivity index (χ4v) is 2.04. The largest absolute Gasteiger partial charge is 0.494 e. The van der Waals surface area contributed by atoms with Crippen molar-refractivity contribution in [3.8, 4) is 5.75 Å². The van der Waals surface area contributed by atoms with E-state index in [1.165, 1.54) is 6.07 Å². The van der Waals surface area contributed by atoms with Crippen LogP contribution in [0.5, 0.6) is 5.75 Å². The monoisotopic (exact) mass is 275 g/mol. The molecule has 0 aliphatic carbocycles. The number of ether oxygens (including phenoxy) is 1. The lowest BCUT2D eigenvalue weighted by molar-refractivity contribution is 0.269. The normalized spacial score (nSPS) is 11.9. The second-order valence-electron chi connectivity index (χ2n) is 4.33. The van der Waals surface area contributed by atoms with Crippen LogP contribution in [0.25, 0.3) is 0 Å². The maximum absolute atomic E-state index is 13.7. The van der Waals surface area contributed by atoms with Gasteiger partial charge in [-0.25, -0.2) is 4.39 Å². The van der Waals surface area contributed by atoms with Crippen molar-refractivity contribution in [1.82, 2.24) is 0 Å². The molecule has 106 valence electrons. The fraction of sp³-hybridized carbons (Fsp3) is 0.250. The molecule has 0 aliphatic heterocycles. The average molecular weight is 275 g/mol. The van der Waals surface area contributed by atoms with E-state index >= 15 is 0 Å². The Hall–Kier alpha value is -2.07. The second-order valence-corrected chi connectivity index (χ2v) is 4.33. The van der Waals surface area contributed by atoms with Crippen LogP contribution in [-0.2, 0) is 0 Å². The van der Waals surface area contributed by atoms with Gasteiger partial charge in [0.2, 0.25) is 0 Å². The van der Waals surface area contributed by atoms with Gasteiger partial charge in [0.1, 0.15) is 11.6 Å². The molecule has 0 saturated heterocycles. The van der Waals surface area contributed by atoms with Crippen LogP contribution in [0, 0.1) is 5.82 Å². The molecule has 0 radical (unpaired) electrons. The molecular formula is C16H18FNO2. The molecular weight excluding hydrogens is 257 g/mol. The van der Waals surface area contributed by atoms with E-state index in [9.17, 15) is 9.50 Å². The average Bonchev–Trinajstić information content (AvgIpc) is 2.48. The van der Waals surface area contributed by atoms with E-state index in [0.717, 1.165) is 5.56 Å². The molecule has 0 bridgehead atoms. The zero-order valence-corrected chi connectivity index (χ0v) is 11.3. The Balaban J connectivity index is 2.27. The minimum atomic E-state index is -0.422. The van der Waals surface area contributed by atoms with Gasteiger partial charge in [0.25, 0.3) is 0 Å². The van der Waals surface area contributed by atoms with Crippen molar-refractivity contribution in [3.63, 3.8) is 0 Å². The Bertz CT molecular complexity index is 560. The van der Waals surface area contributed by atoms with Crippen LogP contribution in [-0.4, -0.2) is 18.3 Å². The van der Waals surface area contributed by atoms with E-state index in [0.29, 0.717) is 18.0 Å². The van der Waals surface area contributed by atoms with Gasteiger partial charge in [0.05, 0.1) is 24.9 Å². The maximum Gasteiger partial charge on any atom is 0.146 e. The molecule has 1 unspecified atom stereocenters. The maximum atomic E-state index is 13.7. The lowest BCUT2D eigenvalue weighted by atomic mass is 10.1. The number of aliphatic hydroxyl groups is 1. The van der Waals surface area contributed by atoms with Gasteiger partial charge in [0, 0.05) is 5.56 Å². The number of halogens is 1. The number of hydrogen-bond acceptors (Lipinski definition) is 3. The predicted molar refractivity (Wildman–Crippen MR) is 77.5 cm³/mol. The first-order valence-corrected chi connectivity index (χ1v) is 6.60. The van der Waals surface area contributed by atoms with Crippen LogP contribution in [0.1, 0.15) is 18.5 Å². The standard InChI is InChI=1S/C16H18FNO2/c1-2-20-16-10-6-3-7-12(16)15(11-19)18-14-9-5-4-8-13(14)17/h3-10,15,18-19H,2,11H2,1H3. The highest BCUT2D eigenvalue weighted by molar-refractivity contribution is 5.49. The van der Waals surface area contributed by atoms with Crippen LogP contribution in [0.4, 0.5) is 10.1 Å². The molecule has 0 spiro atoms. The van der Waals surface area contributed by atoms with Crippen LogP contribution < -0.4 is 10.1 Å². The molecule has 0 fully saturated rings. The van der Waals surface area contributed by atoms with Crippen molar-refractivity contribution in [3.05, 3.63) is 59.9 Å². The predicted octanol–water partition coefficient (Wildman–Crippen LogP) is 3.37. The minimum Gasteiger partial charge on any atom is -0.494 e. The van der Waals surface area contributed by atoms with Gasteiger partial charge in [-0.2, -0.15) is 0 Å². The third kappa shape index (κ3) is 3.27. The molecule has 2 aromatic carbocycles. The number of nitrogens with one attached hydrogen (secondary N) is 1. The summed E-state index contributed by atoms with van der Waals surface area (Å²) in [4.78, 5) is 0. The van der Waals surface area contributed by atoms with Crippen molar-refractivity contribution in [2.45, 2.75) is 13.0 Å². The van der Waals surface area contributed by atoms with Crippen molar-refractivity contribution in [2.75, 3.05) is 18.5 Å². The van der Waals surface area contributed by atoms with Crippen LogP contribution >= 0.6 is 0 Å². The molecule has 4 heteroatoms. The Morgan fingerprint density at radius 1 is 1.15 bits per heavy atom. The molecule has 0 aliphatic rings. The molecule has 3 nitrogen and oxygen atoms in total. The lowest BCUT2D eigenvalue weighted by Gasteiger charge is -2.21. The molecule has 0 amide bonds. The number of hydrogen-bond donors (Lipinski definition) is 2. The second kappa shape index (κ2) is 6.91. The molecule has 20 heavy (non-hydrogen) atoms. The van der Waals surface area contributed by atoms with Crippen molar-refractivity contribution >= 4 is 5.69 Å². The molecule has 0 saturated carbocycles. The van der Waals surface area contributed by atoms with Crippen molar-refractivity contribution in [2.24, 2.45) is 0 Å². The van der Waals surface area contributed by atoms with Gasteiger partial charge >= 0.3 is 0 Å². The number of rotatable bonds is 6. The van der Waals surface area contributed by atoms with Crippen LogP contribution in [0.3, 0.4) is 0 Å². The summed E-state index contributed by atoms with van der Waals surface area (Å²) < 4.78 is 19.2. The molecule has 0 heterocycles. The Morgan fingerprint density at radius 2 is 1.85 bits per heavy atom. The Labute approximate surface area is 118 Å². The zero-order chi connectivity index (χ0) is 14.4. The Morgan fingerprint density at radius 3 is 2.55 bits per heavy atom. The number of para-hydroxylation sites is 2. The topological polar surface area (TPSA) is 41.5 Å². The number of anilines is 1. The number of benzene rings is 2. The van der Waals surface area contributed by atoms with E-state index < -0.39 is 6.04 Å². The van der Waals surface area contributed by atoms with E-state index in [4.69, 9.17) is 4.74 Å². The van der Waals surface area contributed by atoms with Gasteiger partial charge in [0.15, 0.2) is 0 Å². The minimum absolute atomic E-state index is 0.154. The summed E-state index contributed by atoms with van der Waals surface area (Å²) in [6.07, 6.45) is 0. The molecule has 2 aromatic rings. The van der Waals surface area contributed by atoms with E-state index in [1.54, 1.807) is 18.2 Å².